The van der Waals surface area contributed by atoms with Gasteiger partial charge in [-0.3, -0.25) is 0 Å². The largest absolute Gasteiger partial charge is 0.366 e. The van der Waals surface area contributed by atoms with Crippen molar-refractivity contribution < 1.29 is 0 Å². The fourth-order valence-corrected chi connectivity index (χ4v) is 5.65. The number of aromatic nitrogens is 3. The van der Waals surface area contributed by atoms with Gasteiger partial charge in [0, 0.05) is 11.5 Å². The average Bonchev–Trinajstić information content (AvgIpc) is 2.57. The van der Waals surface area contributed by atoms with E-state index >= 15 is 0 Å². The molecule has 120 valence electrons. The van der Waals surface area contributed by atoms with E-state index in [1.54, 1.807) is 5.56 Å². The molecular formula is C18H23N5. The van der Waals surface area contributed by atoms with Crippen molar-refractivity contribution >= 4 is 17.0 Å². The standard InChI is InChI=1S/C18H23N5/c1-23-7-6-18-5-3-2-4-12(18)16(23)9-11-8-15-14(10-13(11)18)20-17(19)22-21-15/h8,10,12,16H,2-7,9H2,1H3,(H2,19,20,22)/t12-,16+,18+/m0/s1. The lowest BCUT2D eigenvalue weighted by Gasteiger charge is -2.58. The smallest absolute Gasteiger partial charge is 0.240 e. The molecular weight excluding hydrogens is 286 g/mol. The van der Waals surface area contributed by atoms with E-state index in [4.69, 9.17) is 5.73 Å². The van der Waals surface area contributed by atoms with Gasteiger partial charge in [0.05, 0.1) is 5.52 Å². The third kappa shape index (κ3) is 1.80. The zero-order valence-electron chi connectivity index (χ0n) is 13.6. The van der Waals surface area contributed by atoms with Crippen LogP contribution in [-0.4, -0.2) is 39.7 Å². The number of nitrogen functional groups attached to an aromatic ring is 1. The molecule has 0 radical (unpaired) electrons. The van der Waals surface area contributed by atoms with Crippen LogP contribution in [0.2, 0.25) is 0 Å². The molecule has 0 amide bonds. The third-order valence-corrected chi connectivity index (χ3v) is 6.70. The topological polar surface area (TPSA) is 67.9 Å². The number of anilines is 1. The summed E-state index contributed by atoms with van der Waals surface area (Å²) in [7, 11) is 2.30. The van der Waals surface area contributed by atoms with Crippen LogP contribution in [0.1, 0.15) is 43.2 Å². The van der Waals surface area contributed by atoms with Crippen molar-refractivity contribution in [1.82, 2.24) is 20.1 Å². The van der Waals surface area contributed by atoms with Crippen LogP contribution >= 0.6 is 0 Å². The molecule has 1 aromatic carbocycles. The molecule has 5 rings (SSSR count). The molecule has 2 aliphatic carbocycles. The van der Waals surface area contributed by atoms with Gasteiger partial charge >= 0.3 is 0 Å². The minimum atomic E-state index is 0.271. The summed E-state index contributed by atoms with van der Waals surface area (Å²) in [4.78, 5) is 7.02. The van der Waals surface area contributed by atoms with Gasteiger partial charge in [0.15, 0.2) is 0 Å². The van der Waals surface area contributed by atoms with Gasteiger partial charge in [-0.1, -0.05) is 12.8 Å². The zero-order valence-corrected chi connectivity index (χ0v) is 13.6. The highest BCUT2D eigenvalue weighted by molar-refractivity contribution is 5.77. The Morgan fingerprint density at radius 2 is 2.09 bits per heavy atom. The van der Waals surface area contributed by atoms with E-state index in [-0.39, 0.29) is 5.95 Å². The van der Waals surface area contributed by atoms with Gasteiger partial charge in [0.2, 0.25) is 5.95 Å². The van der Waals surface area contributed by atoms with Crippen LogP contribution in [0.4, 0.5) is 5.95 Å². The van der Waals surface area contributed by atoms with Crippen molar-refractivity contribution in [2.24, 2.45) is 5.92 Å². The lowest BCUT2D eigenvalue weighted by molar-refractivity contribution is 0.00297. The molecule has 3 aliphatic rings. The van der Waals surface area contributed by atoms with E-state index in [2.05, 4.69) is 39.3 Å². The number of benzene rings is 1. The molecule has 5 nitrogen and oxygen atoms in total. The van der Waals surface area contributed by atoms with Gasteiger partial charge in [-0.25, -0.2) is 4.98 Å². The average molecular weight is 309 g/mol. The highest BCUT2D eigenvalue weighted by atomic mass is 15.2. The van der Waals surface area contributed by atoms with E-state index in [1.807, 2.05) is 0 Å². The van der Waals surface area contributed by atoms with Gasteiger partial charge in [0.25, 0.3) is 0 Å². The Morgan fingerprint density at radius 3 is 3.00 bits per heavy atom. The minimum Gasteiger partial charge on any atom is -0.366 e. The Bertz CT molecular complexity index is 788. The van der Waals surface area contributed by atoms with Crippen molar-refractivity contribution in [3.05, 3.63) is 23.3 Å². The number of fused-ring (bicyclic) bond motifs is 2. The zero-order chi connectivity index (χ0) is 15.6. The molecule has 2 fully saturated rings. The summed E-state index contributed by atoms with van der Waals surface area (Å²) in [6.45, 7) is 1.21. The molecule has 0 spiro atoms. The summed E-state index contributed by atoms with van der Waals surface area (Å²) < 4.78 is 0. The number of rotatable bonds is 0. The van der Waals surface area contributed by atoms with Crippen molar-refractivity contribution in [3.8, 4) is 0 Å². The molecule has 2 heterocycles. The summed E-state index contributed by atoms with van der Waals surface area (Å²) in [6.07, 6.45) is 7.85. The molecule has 2 N–H and O–H groups in total. The van der Waals surface area contributed by atoms with Gasteiger partial charge in [-0.2, -0.15) is 0 Å². The van der Waals surface area contributed by atoms with Crippen LogP contribution in [-0.2, 0) is 11.8 Å². The molecule has 0 unspecified atom stereocenters. The molecule has 3 atom stereocenters. The maximum Gasteiger partial charge on any atom is 0.240 e. The lowest BCUT2D eigenvalue weighted by Crippen LogP contribution is -2.59. The molecule has 1 saturated carbocycles. The van der Waals surface area contributed by atoms with E-state index < -0.39 is 0 Å². The fourth-order valence-electron chi connectivity index (χ4n) is 5.65. The van der Waals surface area contributed by atoms with Crippen molar-refractivity contribution in [2.75, 3.05) is 19.3 Å². The second kappa shape index (κ2) is 4.63. The minimum absolute atomic E-state index is 0.271. The third-order valence-electron chi connectivity index (χ3n) is 6.70. The number of hydrogen-bond donors (Lipinski definition) is 1. The quantitative estimate of drug-likeness (QED) is 0.808. The summed E-state index contributed by atoms with van der Waals surface area (Å²) in [5, 5.41) is 8.18. The second-order valence-corrected chi connectivity index (χ2v) is 7.68. The van der Waals surface area contributed by atoms with Gasteiger partial charge in [0.1, 0.15) is 5.52 Å². The van der Waals surface area contributed by atoms with Gasteiger partial charge in [-0.15, -0.1) is 10.2 Å². The Kier molecular flexibility index (Phi) is 2.75. The van der Waals surface area contributed by atoms with Crippen LogP contribution < -0.4 is 5.73 Å². The molecule has 1 aromatic heterocycles. The van der Waals surface area contributed by atoms with Crippen LogP contribution in [0.3, 0.4) is 0 Å². The Hall–Kier alpha value is -1.75. The summed E-state index contributed by atoms with van der Waals surface area (Å²) in [5.41, 5.74) is 10.9. The summed E-state index contributed by atoms with van der Waals surface area (Å²) >= 11 is 0. The van der Waals surface area contributed by atoms with E-state index in [9.17, 15) is 0 Å². The van der Waals surface area contributed by atoms with Crippen molar-refractivity contribution in [1.29, 1.82) is 0 Å². The molecule has 23 heavy (non-hydrogen) atoms. The molecule has 1 saturated heterocycles. The lowest BCUT2D eigenvalue weighted by atomic mass is 9.52. The first-order chi connectivity index (χ1) is 11.2. The van der Waals surface area contributed by atoms with Crippen LogP contribution in [0, 0.1) is 5.92 Å². The number of hydrogen-bond acceptors (Lipinski definition) is 5. The van der Waals surface area contributed by atoms with E-state index in [1.165, 1.54) is 44.2 Å². The van der Waals surface area contributed by atoms with Crippen molar-refractivity contribution in [2.45, 2.75) is 50.0 Å². The molecule has 5 heteroatoms. The fraction of sp³-hybridized carbons (Fsp3) is 0.611. The Morgan fingerprint density at radius 1 is 1.17 bits per heavy atom. The first-order valence-corrected chi connectivity index (χ1v) is 8.81. The van der Waals surface area contributed by atoms with Crippen LogP contribution in [0.25, 0.3) is 11.0 Å². The predicted octanol–water partition coefficient (Wildman–Crippen LogP) is 2.30. The summed E-state index contributed by atoms with van der Waals surface area (Å²) in [6, 6.07) is 5.20. The van der Waals surface area contributed by atoms with Crippen LogP contribution in [0.5, 0.6) is 0 Å². The molecule has 2 aromatic rings. The maximum absolute atomic E-state index is 5.76. The normalized spacial score (nSPS) is 33.3. The first-order valence-electron chi connectivity index (χ1n) is 8.81. The first kappa shape index (κ1) is 13.7. The second-order valence-electron chi connectivity index (χ2n) is 7.68. The van der Waals surface area contributed by atoms with Crippen molar-refractivity contribution in [3.63, 3.8) is 0 Å². The van der Waals surface area contributed by atoms with E-state index in [0.717, 1.165) is 23.4 Å². The number of nitrogens with zero attached hydrogens (tertiary/aromatic N) is 4. The molecule has 1 aliphatic heterocycles. The van der Waals surface area contributed by atoms with Gasteiger partial charge < -0.3 is 10.6 Å². The Labute approximate surface area is 136 Å². The Balaban J connectivity index is 1.76. The highest BCUT2D eigenvalue weighted by Crippen LogP contribution is 2.55. The molecule has 2 bridgehead atoms. The van der Waals surface area contributed by atoms with Crippen LogP contribution in [0.15, 0.2) is 12.1 Å². The summed E-state index contributed by atoms with van der Waals surface area (Å²) in [5.74, 6) is 1.07. The van der Waals surface area contributed by atoms with E-state index in [0.29, 0.717) is 11.5 Å². The predicted molar refractivity (Wildman–Crippen MR) is 90.1 cm³/mol. The number of likely N-dealkylation sites (tertiary alicyclic amines) is 1. The maximum atomic E-state index is 5.76. The highest BCUT2D eigenvalue weighted by Gasteiger charge is 2.53. The monoisotopic (exact) mass is 309 g/mol. The number of likely N-dealkylation sites (N-methyl/N-ethyl adjacent to an activating group) is 1. The SMILES string of the molecule is CN1CC[C@]23CCCC[C@H]2[C@H]1Cc1cc2nnc(N)nc2cc13. The number of piperidine rings is 1. The number of nitrogens with two attached hydrogens (primary N) is 1. The van der Waals surface area contributed by atoms with Gasteiger partial charge in [-0.05, 0) is 68.5 Å².